The van der Waals surface area contributed by atoms with Crippen LogP contribution in [-0.4, -0.2) is 21.1 Å². The Balaban J connectivity index is 1.59. The highest BCUT2D eigenvalue weighted by atomic mass is 16.4. The van der Waals surface area contributed by atoms with E-state index < -0.39 is 0 Å². The predicted molar refractivity (Wildman–Crippen MR) is 90.4 cm³/mol. The van der Waals surface area contributed by atoms with Crippen LogP contribution in [0.3, 0.4) is 0 Å². The van der Waals surface area contributed by atoms with Gasteiger partial charge in [-0.1, -0.05) is 18.2 Å². The number of amides is 1. The molecule has 0 fully saturated rings. The molecule has 3 rings (SSSR count). The van der Waals surface area contributed by atoms with E-state index in [4.69, 9.17) is 4.42 Å². The topological polar surface area (TPSA) is 80.9 Å². The molecule has 0 spiro atoms. The first-order valence-electron chi connectivity index (χ1n) is 7.73. The molecule has 122 valence electrons. The molecule has 24 heavy (non-hydrogen) atoms. The zero-order chi connectivity index (χ0) is 16.9. The van der Waals surface area contributed by atoms with E-state index in [0.717, 1.165) is 16.8 Å². The Kier molecular flexibility index (Phi) is 4.65. The smallest absolute Gasteiger partial charge is 0.266 e. The van der Waals surface area contributed by atoms with E-state index in [1.54, 1.807) is 12.3 Å². The summed E-state index contributed by atoms with van der Waals surface area (Å²) in [4.78, 5) is 16.3. The van der Waals surface area contributed by atoms with Gasteiger partial charge in [0.1, 0.15) is 5.69 Å². The van der Waals surface area contributed by atoms with Gasteiger partial charge in [0.2, 0.25) is 11.8 Å². The van der Waals surface area contributed by atoms with Crippen molar-refractivity contribution in [2.45, 2.75) is 26.7 Å². The summed E-state index contributed by atoms with van der Waals surface area (Å²) < 4.78 is 5.55. The molecule has 0 atom stereocenters. The number of aromatic nitrogens is 3. The van der Waals surface area contributed by atoms with Crippen molar-refractivity contribution < 1.29 is 9.21 Å². The van der Waals surface area contributed by atoms with Gasteiger partial charge in [0.25, 0.3) is 5.89 Å². The summed E-state index contributed by atoms with van der Waals surface area (Å²) in [5, 5.41) is 10.8. The van der Waals surface area contributed by atoms with Crippen molar-refractivity contribution in [3.05, 3.63) is 59.6 Å². The second kappa shape index (κ2) is 7.04. The number of aryl methyl sites for hydroxylation is 2. The molecule has 3 aromatic rings. The number of carbonyl (C=O) groups excluding carboxylic acids is 1. The van der Waals surface area contributed by atoms with Crippen LogP contribution < -0.4 is 5.32 Å². The molecule has 6 heteroatoms. The van der Waals surface area contributed by atoms with E-state index in [1.165, 1.54) is 0 Å². The highest BCUT2D eigenvalue weighted by Gasteiger charge is 2.12. The van der Waals surface area contributed by atoms with Gasteiger partial charge in [-0.2, -0.15) is 0 Å². The minimum absolute atomic E-state index is 0.0821. The number of nitrogens with one attached hydrogen (secondary N) is 1. The van der Waals surface area contributed by atoms with Crippen LogP contribution in [0.2, 0.25) is 0 Å². The van der Waals surface area contributed by atoms with E-state index in [0.29, 0.717) is 23.9 Å². The summed E-state index contributed by atoms with van der Waals surface area (Å²) in [7, 11) is 0. The average Bonchev–Trinajstić information content (AvgIpc) is 3.07. The van der Waals surface area contributed by atoms with E-state index in [9.17, 15) is 4.79 Å². The maximum Gasteiger partial charge on any atom is 0.266 e. The second-order valence-electron chi connectivity index (χ2n) is 5.51. The third-order valence-corrected chi connectivity index (χ3v) is 3.80. The number of benzene rings is 1. The Morgan fingerprint density at radius 1 is 1.12 bits per heavy atom. The van der Waals surface area contributed by atoms with Crippen molar-refractivity contribution in [2.24, 2.45) is 0 Å². The predicted octanol–water partition coefficient (Wildman–Crippen LogP) is 3.32. The lowest BCUT2D eigenvalue weighted by atomic mass is 10.1. The van der Waals surface area contributed by atoms with Crippen molar-refractivity contribution in [1.29, 1.82) is 0 Å². The van der Waals surface area contributed by atoms with Crippen LogP contribution in [0.4, 0.5) is 5.69 Å². The highest BCUT2D eigenvalue weighted by Crippen LogP contribution is 2.19. The lowest BCUT2D eigenvalue weighted by Gasteiger charge is -2.09. The molecule has 6 nitrogen and oxygen atoms in total. The average molecular weight is 322 g/mol. The molecule has 0 radical (unpaired) electrons. The van der Waals surface area contributed by atoms with Crippen LogP contribution in [0.15, 0.2) is 47.0 Å². The van der Waals surface area contributed by atoms with Crippen molar-refractivity contribution >= 4 is 11.6 Å². The third kappa shape index (κ3) is 3.65. The fraction of sp³-hybridized carbons (Fsp3) is 0.222. The summed E-state index contributed by atoms with van der Waals surface area (Å²) in [6.07, 6.45) is 2.32. The van der Waals surface area contributed by atoms with Crippen LogP contribution in [0.5, 0.6) is 0 Å². The van der Waals surface area contributed by atoms with Crippen LogP contribution >= 0.6 is 0 Å². The molecule has 2 heterocycles. The molecule has 1 N–H and O–H groups in total. The number of nitrogens with zero attached hydrogens (tertiary/aromatic N) is 3. The molecule has 0 aliphatic heterocycles. The fourth-order valence-electron chi connectivity index (χ4n) is 2.27. The molecule has 1 amide bonds. The van der Waals surface area contributed by atoms with Gasteiger partial charge in [-0.15, -0.1) is 10.2 Å². The van der Waals surface area contributed by atoms with Gasteiger partial charge in [0, 0.05) is 24.7 Å². The first kappa shape index (κ1) is 15.9. The summed E-state index contributed by atoms with van der Waals surface area (Å²) in [6.45, 7) is 4.00. The van der Waals surface area contributed by atoms with Gasteiger partial charge < -0.3 is 9.73 Å². The molecule has 0 bridgehead atoms. The van der Waals surface area contributed by atoms with Gasteiger partial charge in [-0.05, 0) is 43.2 Å². The minimum Gasteiger partial charge on any atom is -0.419 e. The van der Waals surface area contributed by atoms with Gasteiger partial charge in [-0.3, -0.25) is 9.78 Å². The van der Waals surface area contributed by atoms with E-state index in [1.807, 2.05) is 44.2 Å². The summed E-state index contributed by atoms with van der Waals surface area (Å²) >= 11 is 0. The van der Waals surface area contributed by atoms with Gasteiger partial charge >= 0.3 is 0 Å². The monoisotopic (exact) mass is 322 g/mol. The van der Waals surface area contributed by atoms with Crippen LogP contribution in [-0.2, 0) is 11.2 Å². The standard InChI is InChI=1S/C18H18N4O2/c1-12-6-5-8-14(13(12)2)20-16(23)9-10-17-21-22-18(24-17)15-7-3-4-11-19-15/h3-8,11H,9-10H2,1-2H3,(H,20,23). The Hall–Kier alpha value is -3.02. The van der Waals surface area contributed by atoms with E-state index in [-0.39, 0.29) is 12.3 Å². The molecule has 0 aliphatic rings. The lowest BCUT2D eigenvalue weighted by Crippen LogP contribution is -2.13. The number of hydrogen-bond donors (Lipinski definition) is 1. The fourth-order valence-corrected chi connectivity index (χ4v) is 2.27. The maximum atomic E-state index is 12.1. The number of hydrogen-bond acceptors (Lipinski definition) is 5. The Morgan fingerprint density at radius 2 is 2.00 bits per heavy atom. The first-order chi connectivity index (χ1) is 11.6. The normalized spacial score (nSPS) is 10.6. The Bertz CT molecular complexity index is 843. The second-order valence-corrected chi connectivity index (χ2v) is 5.51. The largest absolute Gasteiger partial charge is 0.419 e. The van der Waals surface area contributed by atoms with Crippen molar-refractivity contribution in [3.8, 4) is 11.6 Å². The van der Waals surface area contributed by atoms with Gasteiger partial charge in [-0.25, -0.2) is 0 Å². The van der Waals surface area contributed by atoms with Crippen molar-refractivity contribution in [2.75, 3.05) is 5.32 Å². The highest BCUT2D eigenvalue weighted by molar-refractivity contribution is 5.91. The van der Waals surface area contributed by atoms with Crippen molar-refractivity contribution in [1.82, 2.24) is 15.2 Å². The molecule has 0 saturated heterocycles. The maximum absolute atomic E-state index is 12.1. The molecule has 0 saturated carbocycles. The number of rotatable bonds is 5. The molecule has 2 aromatic heterocycles. The SMILES string of the molecule is Cc1cccc(NC(=O)CCc2nnc(-c3ccccn3)o2)c1C. The summed E-state index contributed by atoms with van der Waals surface area (Å²) in [6, 6.07) is 11.3. The number of anilines is 1. The zero-order valence-electron chi connectivity index (χ0n) is 13.6. The van der Waals surface area contributed by atoms with Crippen LogP contribution in [0, 0.1) is 13.8 Å². The number of pyridine rings is 1. The lowest BCUT2D eigenvalue weighted by molar-refractivity contribution is -0.116. The van der Waals surface area contributed by atoms with E-state index in [2.05, 4.69) is 20.5 Å². The van der Waals surface area contributed by atoms with Crippen molar-refractivity contribution in [3.63, 3.8) is 0 Å². The molecule has 0 unspecified atom stereocenters. The first-order valence-corrected chi connectivity index (χ1v) is 7.73. The molecule has 0 aliphatic carbocycles. The zero-order valence-corrected chi connectivity index (χ0v) is 13.6. The Morgan fingerprint density at radius 3 is 2.79 bits per heavy atom. The van der Waals surface area contributed by atoms with Crippen LogP contribution in [0.1, 0.15) is 23.4 Å². The quantitative estimate of drug-likeness (QED) is 0.779. The minimum atomic E-state index is -0.0821. The summed E-state index contributed by atoms with van der Waals surface area (Å²) in [5.74, 6) is 0.702. The number of carbonyl (C=O) groups is 1. The van der Waals surface area contributed by atoms with E-state index >= 15 is 0 Å². The van der Waals surface area contributed by atoms with Crippen LogP contribution in [0.25, 0.3) is 11.6 Å². The summed E-state index contributed by atoms with van der Waals surface area (Å²) in [5.41, 5.74) is 3.67. The molecule has 1 aromatic carbocycles. The van der Waals surface area contributed by atoms with Gasteiger partial charge in [0.15, 0.2) is 0 Å². The molecular formula is C18H18N4O2. The molecular weight excluding hydrogens is 304 g/mol. The van der Waals surface area contributed by atoms with Gasteiger partial charge in [0.05, 0.1) is 0 Å². The third-order valence-electron chi connectivity index (χ3n) is 3.80. The Labute approximate surface area is 140 Å².